The molecule has 0 bridgehead atoms. The van der Waals surface area contributed by atoms with Gasteiger partial charge in [0.05, 0.1) is 0 Å². The highest BCUT2D eigenvalue weighted by molar-refractivity contribution is 6.02. The van der Waals surface area contributed by atoms with Gasteiger partial charge >= 0.3 is 0 Å². The van der Waals surface area contributed by atoms with Crippen molar-refractivity contribution < 1.29 is 4.79 Å². The molecule has 1 aromatic rings. The molecule has 0 aromatic heterocycles. The van der Waals surface area contributed by atoms with Crippen LogP contribution in [0.2, 0.25) is 0 Å². The summed E-state index contributed by atoms with van der Waals surface area (Å²) >= 11 is 0. The highest BCUT2D eigenvalue weighted by Gasteiger charge is 2.05. The van der Waals surface area contributed by atoms with E-state index in [1.807, 2.05) is 30.3 Å². The number of carbonyl (C=O) groups excluding carboxylic acids is 1. The molecular formula is C11H13N3O. The maximum absolute atomic E-state index is 11.4. The number of carbonyl (C=O) groups is 1. The highest BCUT2D eigenvalue weighted by Crippen LogP contribution is 2.01. The standard InChI is InChI=1S/C11H13N3O/c1-14(11(12)13)10(15)8-7-9-5-3-2-4-6-9/h2-8H,1H3,(H3,12,13). The van der Waals surface area contributed by atoms with Crippen molar-refractivity contribution in [3.8, 4) is 0 Å². The Morgan fingerprint density at radius 2 is 2.00 bits per heavy atom. The minimum absolute atomic E-state index is 0.266. The fourth-order valence-corrected chi connectivity index (χ4v) is 0.962. The van der Waals surface area contributed by atoms with Gasteiger partial charge in [0.1, 0.15) is 0 Å². The monoisotopic (exact) mass is 203 g/mol. The van der Waals surface area contributed by atoms with Gasteiger partial charge in [0, 0.05) is 13.1 Å². The Kier molecular flexibility index (Phi) is 3.62. The topological polar surface area (TPSA) is 70.2 Å². The van der Waals surface area contributed by atoms with Crippen LogP contribution in [0, 0.1) is 5.41 Å². The van der Waals surface area contributed by atoms with Gasteiger partial charge < -0.3 is 5.73 Å². The summed E-state index contributed by atoms with van der Waals surface area (Å²) in [4.78, 5) is 12.4. The second kappa shape index (κ2) is 4.95. The van der Waals surface area contributed by atoms with Crippen LogP contribution in [-0.4, -0.2) is 23.8 Å². The van der Waals surface area contributed by atoms with E-state index in [0.29, 0.717) is 0 Å². The number of hydrogen-bond acceptors (Lipinski definition) is 2. The maximum Gasteiger partial charge on any atom is 0.253 e. The summed E-state index contributed by atoms with van der Waals surface area (Å²) in [6, 6.07) is 9.45. The van der Waals surface area contributed by atoms with Crippen LogP contribution < -0.4 is 5.73 Å². The molecule has 0 saturated carbocycles. The lowest BCUT2D eigenvalue weighted by Gasteiger charge is -2.11. The first-order valence-electron chi connectivity index (χ1n) is 4.46. The van der Waals surface area contributed by atoms with E-state index < -0.39 is 0 Å². The molecule has 15 heavy (non-hydrogen) atoms. The van der Waals surface area contributed by atoms with Gasteiger partial charge in [0.2, 0.25) is 0 Å². The van der Waals surface area contributed by atoms with Gasteiger partial charge in [-0.3, -0.25) is 15.1 Å². The number of nitrogens with one attached hydrogen (secondary N) is 1. The molecule has 0 spiro atoms. The zero-order valence-electron chi connectivity index (χ0n) is 8.47. The number of hydrogen-bond donors (Lipinski definition) is 2. The van der Waals surface area contributed by atoms with E-state index in [1.54, 1.807) is 6.08 Å². The third-order valence-electron chi connectivity index (χ3n) is 1.91. The SMILES string of the molecule is CN(C(=N)N)C(=O)C=Cc1ccccc1. The number of nitrogens with zero attached hydrogens (tertiary/aromatic N) is 1. The summed E-state index contributed by atoms with van der Waals surface area (Å²) < 4.78 is 0. The molecule has 0 saturated heterocycles. The van der Waals surface area contributed by atoms with Crippen LogP contribution in [-0.2, 0) is 4.79 Å². The Balaban J connectivity index is 2.67. The van der Waals surface area contributed by atoms with Crippen molar-refractivity contribution in [1.29, 1.82) is 5.41 Å². The molecule has 1 aromatic carbocycles. The van der Waals surface area contributed by atoms with E-state index >= 15 is 0 Å². The van der Waals surface area contributed by atoms with Crippen LogP contribution in [0.1, 0.15) is 5.56 Å². The number of amides is 1. The lowest BCUT2D eigenvalue weighted by molar-refractivity contribution is -0.121. The predicted octanol–water partition coefficient (Wildman–Crippen LogP) is 1.05. The van der Waals surface area contributed by atoms with Crippen molar-refractivity contribution in [2.24, 2.45) is 5.73 Å². The molecule has 0 radical (unpaired) electrons. The third-order valence-corrected chi connectivity index (χ3v) is 1.91. The average molecular weight is 203 g/mol. The molecular weight excluding hydrogens is 190 g/mol. The quantitative estimate of drug-likeness (QED) is 0.428. The molecule has 0 heterocycles. The Hall–Kier alpha value is -2.10. The van der Waals surface area contributed by atoms with Gasteiger partial charge in [-0.15, -0.1) is 0 Å². The van der Waals surface area contributed by atoms with Gasteiger partial charge in [-0.05, 0) is 11.6 Å². The van der Waals surface area contributed by atoms with Crippen LogP contribution >= 0.6 is 0 Å². The van der Waals surface area contributed by atoms with E-state index in [2.05, 4.69) is 0 Å². The third kappa shape index (κ3) is 3.27. The van der Waals surface area contributed by atoms with E-state index in [1.165, 1.54) is 13.1 Å². The fraction of sp³-hybridized carbons (Fsp3) is 0.0909. The Labute approximate surface area is 88.5 Å². The first-order valence-corrected chi connectivity index (χ1v) is 4.46. The molecule has 1 amide bonds. The predicted molar refractivity (Wildman–Crippen MR) is 60.2 cm³/mol. The minimum Gasteiger partial charge on any atom is -0.370 e. The van der Waals surface area contributed by atoms with Crippen LogP contribution in [0.5, 0.6) is 0 Å². The largest absolute Gasteiger partial charge is 0.370 e. The molecule has 0 unspecified atom stereocenters. The molecule has 0 atom stereocenters. The molecule has 4 heteroatoms. The van der Waals surface area contributed by atoms with Crippen LogP contribution in [0.3, 0.4) is 0 Å². The molecule has 0 fully saturated rings. The summed E-state index contributed by atoms with van der Waals surface area (Å²) in [6.07, 6.45) is 3.07. The molecule has 1 rings (SSSR count). The summed E-state index contributed by atoms with van der Waals surface area (Å²) in [5.74, 6) is -0.580. The normalized spacial score (nSPS) is 10.2. The van der Waals surface area contributed by atoms with Crippen molar-refractivity contribution in [1.82, 2.24) is 4.90 Å². The van der Waals surface area contributed by atoms with E-state index in [-0.39, 0.29) is 11.9 Å². The van der Waals surface area contributed by atoms with Crippen LogP contribution in [0.25, 0.3) is 6.08 Å². The fourth-order valence-electron chi connectivity index (χ4n) is 0.962. The summed E-state index contributed by atoms with van der Waals surface area (Å²) in [7, 11) is 1.46. The summed E-state index contributed by atoms with van der Waals surface area (Å²) in [5.41, 5.74) is 6.09. The summed E-state index contributed by atoms with van der Waals surface area (Å²) in [6.45, 7) is 0. The number of guanidine groups is 1. The van der Waals surface area contributed by atoms with Crippen molar-refractivity contribution in [3.05, 3.63) is 42.0 Å². The Morgan fingerprint density at radius 3 is 2.53 bits per heavy atom. The second-order valence-corrected chi connectivity index (χ2v) is 3.03. The van der Waals surface area contributed by atoms with E-state index in [0.717, 1.165) is 10.5 Å². The number of likely N-dealkylation sites (N-methyl/N-ethyl adjacent to an activating group) is 1. The van der Waals surface area contributed by atoms with Crippen LogP contribution in [0.15, 0.2) is 36.4 Å². The molecule has 4 nitrogen and oxygen atoms in total. The number of rotatable bonds is 2. The average Bonchev–Trinajstić information content (AvgIpc) is 2.26. The first-order chi connectivity index (χ1) is 7.11. The first kappa shape index (κ1) is 11.0. The summed E-state index contributed by atoms with van der Waals surface area (Å²) in [5, 5.41) is 7.06. The van der Waals surface area contributed by atoms with Gasteiger partial charge in [0.15, 0.2) is 5.96 Å². The minimum atomic E-state index is -0.314. The molecule has 0 aliphatic carbocycles. The highest BCUT2D eigenvalue weighted by atomic mass is 16.2. The maximum atomic E-state index is 11.4. The van der Waals surface area contributed by atoms with E-state index in [9.17, 15) is 4.79 Å². The van der Waals surface area contributed by atoms with Gasteiger partial charge in [-0.25, -0.2) is 0 Å². The Bertz CT molecular complexity index is 384. The zero-order chi connectivity index (χ0) is 11.3. The van der Waals surface area contributed by atoms with Gasteiger partial charge in [0.25, 0.3) is 5.91 Å². The van der Waals surface area contributed by atoms with Gasteiger partial charge in [-0.2, -0.15) is 0 Å². The van der Waals surface area contributed by atoms with Gasteiger partial charge in [-0.1, -0.05) is 30.3 Å². The molecule has 0 aliphatic heterocycles. The van der Waals surface area contributed by atoms with Crippen LogP contribution in [0.4, 0.5) is 0 Å². The smallest absolute Gasteiger partial charge is 0.253 e. The van der Waals surface area contributed by atoms with E-state index in [4.69, 9.17) is 11.1 Å². The zero-order valence-corrected chi connectivity index (χ0v) is 8.47. The second-order valence-electron chi connectivity index (χ2n) is 3.03. The lowest BCUT2D eigenvalue weighted by atomic mass is 10.2. The molecule has 3 N–H and O–H groups in total. The Morgan fingerprint density at radius 1 is 1.40 bits per heavy atom. The van der Waals surface area contributed by atoms with Crippen molar-refractivity contribution in [2.75, 3.05) is 7.05 Å². The number of benzene rings is 1. The van der Waals surface area contributed by atoms with Crippen molar-refractivity contribution in [3.63, 3.8) is 0 Å². The number of nitrogens with two attached hydrogens (primary N) is 1. The lowest BCUT2D eigenvalue weighted by Crippen LogP contribution is -2.36. The van der Waals surface area contributed by atoms with Crippen molar-refractivity contribution >= 4 is 17.9 Å². The molecule has 0 aliphatic rings. The van der Waals surface area contributed by atoms with Crippen molar-refractivity contribution in [2.45, 2.75) is 0 Å². The molecule has 78 valence electrons.